The number of hydrogen-bond acceptors (Lipinski definition) is 4. The number of rotatable bonds is 6. The molecule has 0 spiro atoms. The average Bonchev–Trinajstić information content (AvgIpc) is 2.57. The summed E-state index contributed by atoms with van der Waals surface area (Å²) in [7, 11) is 0. The lowest BCUT2D eigenvalue weighted by Crippen LogP contribution is -2.21. The van der Waals surface area contributed by atoms with Gasteiger partial charge in [0.15, 0.2) is 6.39 Å². The fraction of sp³-hybridized carbons (Fsp3) is 0.667. The minimum atomic E-state index is 0.706. The molecule has 0 aliphatic rings. The van der Waals surface area contributed by atoms with Gasteiger partial charge in [0.2, 0.25) is 0 Å². The summed E-state index contributed by atoms with van der Waals surface area (Å²) in [4.78, 5) is 3.85. The van der Waals surface area contributed by atoms with E-state index in [1.54, 1.807) is 6.20 Å². The van der Waals surface area contributed by atoms with Crippen LogP contribution in [-0.4, -0.2) is 23.5 Å². The average molecular weight is 200 g/mol. The Hall–Kier alpha value is -0.480. The van der Waals surface area contributed by atoms with Gasteiger partial charge in [0, 0.05) is 0 Å². The zero-order valence-electron chi connectivity index (χ0n) is 8.12. The van der Waals surface area contributed by atoms with Crippen LogP contribution in [0.15, 0.2) is 17.0 Å². The van der Waals surface area contributed by atoms with Gasteiger partial charge in [-0.05, 0) is 24.5 Å². The molecule has 74 valence electrons. The van der Waals surface area contributed by atoms with Crippen molar-refractivity contribution in [3.05, 3.63) is 18.4 Å². The molecule has 4 heteroatoms. The summed E-state index contributed by atoms with van der Waals surface area (Å²) < 4.78 is 5.10. The molecule has 0 radical (unpaired) electrons. The predicted molar refractivity (Wildman–Crippen MR) is 55.8 cm³/mol. The van der Waals surface area contributed by atoms with Crippen LogP contribution >= 0.6 is 11.8 Å². The first-order chi connectivity index (χ1) is 6.33. The van der Waals surface area contributed by atoms with Crippen LogP contribution in [0.3, 0.4) is 0 Å². The van der Waals surface area contributed by atoms with Gasteiger partial charge in [-0.25, -0.2) is 4.98 Å². The summed E-state index contributed by atoms with van der Waals surface area (Å²) in [6, 6.07) is 0. The Morgan fingerprint density at radius 3 is 3.15 bits per heavy atom. The summed E-state index contributed by atoms with van der Waals surface area (Å²) >= 11 is 1.88. The molecular formula is C9H16N2OS. The fourth-order valence-corrected chi connectivity index (χ4v) is 1.80. The highest BCUT2D eigenvalue weighted by Crippen LogP contribution is 2.03. The third-order valence-electron chi connectivity index (χ3n) is 1.73. The lowest BCUT2D eigenvalue weighted by molar-refractivity contribution is 0.463. The Balaban J connectivity index is 2.07. The first kappa shape index (κ1) is 10.6. The van der Waals surface area contributed by atoms with Crippen molar-refractivity contribution in [1.82, 2.24) is 10.3 Å². The molecule has 1 N–H and O–H groups in total. The number of oxazole rings is 1. The molecule has 0 saturated carbocycles. The van der Waals surface area contributed by atoms with E-state index < -0.39 is 0 Å². The van der Waals surface area contributed by atoms with E-state index in [4.69, 9.17) is 4.42 Å². The van der Waals surface area contributed by atoms with Gasteiger partial charge >= 0.3 is 0 Å². The van der Waals surface area contributed by atoms with Gasteiger partial charge in [-0.2, -0.15) is 11.8 Å². The van der Waals surface area contributed by atoms with Crippen molar-refractivity contribution >= 4 is 11.8 Å². The molecule has 1 aromatic rings. The Morgan fingerprint density at radius 1 is 1.69 bits per heavy atom. The predicted octanol–water partition coefficient (Wildman–Crippen LogP) is 1.76. The van der Waals surface area contributed by atoms with E-state index in [0.717, 1.165) is 18.8 Å². The van der Waals surface area contributed by atoms with Gasteiger partial charge in [0.05, 0.1) is 12.7 Å². The molecule has 1 aromatic heterocycles. The molecule has 0 saturated heterocycles. The molecule has 0 fully saturated rings. The lowest BCUT2D eigenvalue weighted by Gasteiger charge is -2.09. The van der Waals surface area contributed by atoms with E-state index in [0.29, 0.717) is 5.92 Å². The molecule has 0 bridgehead atoms. The maximum atomic E-state index is 5.10. The third-order valence-corrected chi connectivity index (χ3v) is 2.63. The molecular weight excluding hydrogens is 184 g/mol. The molecule has 13 heavy (non-hydrogen) atoms. The van der Waals surface area contributed by atoms with Crippen molar-refractivity contribution in [1.29, 1.82) is 0 Å². The van der Waals surface area contributed by atoms with Crippen LogP contribution in [-0.2, 0) is 6.54 Å². The maximum Gasteiger partial charge on any atom is 0.180 e. The summed E-state index contributed by atoms with van der Waals surface area (Å²) in [5, 5.41) is 3.33. The third kappa shape index (κ3) is 4.33. The van der Waals surface area contributed by atoms with Crippen LogP contribution in [0.4, 0.5) is 0 Å². The lowest BCUT2D eigenvalue weighted by atomic mass is 10.2. The summed E-state index contributed by atoms with van der Waals surface area (Å²) in [6.07, 6.45) is 5.33. The summed E-state index contributed by atoms with van der Waals surface area (Å²) in [5.74, 6) is 2.80. The van der Waals surface area contributed by atoms with Crippen molar-refractivity contribution in [2.75, 3.05) is 18.6 Å². The molecule has 0 aliphatic carbocycles. The quantitative estimate of drug-likeness (QED) is 0.759. The number of aromatic nitrogens is 1. The summed E-state index contributed by atoms with van der Waals surface area (Å²) in [5.41, 5.74) is 0. The van der Waals surface area contributed by atoms with E-state index in [-0.39, 0.29) is 0 Å². The Morgan fingerprint density at radius 2 is 2.54 bits per heavy atom. The molecule has 1 rings (SSSR count). The minimum absolute atomic E-state index is 0.706. The Bertz CT molecular complexity index is 213. The maximum absolute atomic E-state index is 5.10. The van der Waals surface area contributed by atoms with Crippen LogP contribution in [0, 0.1) is 5.92 Å². The monoisotopic (exact) mass is 200 g/mol. The van der Waals surface area contributed by atoms with Crippen molar-refractivity contribution in [3.8, 4) is 0 Å². The topological polar surface area (TPSA) is 38.1 Å². The van der Waals surface area contributed by atoms with Crippen molar-refractivity contribution in [2.24, 2.45) is 5.92 Å². The largest absolute Gasteiger partial charge is 0.447 e. The highest BCUT2D eigenvalue weighted by molar-refractivity contribution is 7.98. The molecule has 0 amide bonds. The van der Waals surface area contributed by atoms with Gasteiger partial charge in [-0.3, -0.25) is 0 Å². The first-order valence-corrected chi connectivity index (χ1v) is 5.79. The Kier molecular flexibility index (Phi) is 4.93. The smallest absolute Gasteiger partial charge is 0.180 e. The highest BCUT2D eigenvalue weighted by atomic mass is 32.2. The zero-order chi connectivity index (χ0) is 9.52. The van der Waals surface area contributed by atoms with Gasteiger partial charge in [0.25, 0.3) is 0 Å². The number of nitrogens with one attached hydrogen (secondary N) is 1. The van der Waals surface area contributed by atoms with Crippen LogP contribution in [0.5, 0.6) is 0 Å². The molecule has 0 aromatic carbocycles. The minimum Gasteiger partial charge on any atom is -0.447 e. The second-order valence-electron chi connectivity index (χ2n) is 3.16. The van der Waals surface area contributed by atoms with Gasteiger partial charge in [0.1, 0.15) is 5.76 Å². The van der Waals surface area contributed by atoms with Crippen molar-refractivity contribution in [2.45, 2.75) is 13.5 Å². The van der Waals surface area contributed by atoms with Crippen LogP contribution in [0.1, 0.15) is 12.7 Å². The van der Waals surface area contributed by atoms with E-state index >= 15 is 0 Å². The summed E-state index contributed by atoms with van der Waals surface area (Å²) in [6.45, 7) is 4.05. The standard InChI is InChI=1S/C9H16N2OS/c1-8(6-13-2)3-10-4-9-5-11-7-12-9/h5,7-8,10H,3-4,6H2,1-2H3. The second kappa shape index (κ2) is 6.05. The number of thioether (sulfide) groups is 1. The van der Waals surface area contributed by atoms with Gasteiger partial charge in [-0.15, -0.1) is 0 Å². The van der Waals surface area contributed by atoms with Gasteiger partial charge in [-0.1, -0.05) is 6.92 Å². The SMILES string of the molecule is CSCC(C)CNCc1cnco1. The van der Waals surface area contributed by atoms with E-state index in [2.05, 4.69) is 23.5 Å². The van der Waals surface area contributed by atoms with Crippen LogP contribution in [0.25, 0.3) is 0 Å². The van der Waals surface area contributed by atoms with Crippen LogP contribution in [0.2, 0.25) is 0 Å². The van der Waals surface area contributed by atoms with E-state index in [1.165, 1.54) is 12.1 Å². The van der Waals surface area contributed by atoms with Crippen molar-refractivity contribution in [3.63, 3.8) is 0 Å². The molecule has 1 atom stereocenters. The first-order valence-electron chi connectivity index (χ1n) is 4.40. The molecule has 3 nitrogen and oxygen atoms in total. The normalized spacial score (nSPS) is 13.1. The van der Waals surface area contributed by atoms with E-state index in [1.807, 2.05) is 11.8 Å². The Labute approximate surface area is 83.3 Å². The van der Waals surface area contributed by atoms with Crippen LogP contribution < -0.4 is 5.32 Å². The molecule has 1 unspecified atom stereocenters. The van der Waals surface area contributed by atoms with E-state index in [9.17, 15) is 0 Å². The highest BCUT2D eigenvalue weighted by Gasteiger charge is 2.01. The second-order valence-corrected chi connectivity index (χ2v) is 4.07. The van der Waals surface area contributed by atoms with Gasteiger partial charge < -0.3 is 9.73 Å². The zero-order valence-corrected chi connectivity index (χ0v) is 8.93. The number of hydrogen-bond donors (Lipinski definition) is 1. The molecule has 0 aliphatic heterocycles. The fourth-order valence-electron chi connectivity index (χ4n) is 1.11. The van der Waals surface area contributed by atoms with Crippen molar-refractivity contribution < 1.29 is 4.42 Å². The molecule has 1 heterocycles. The number of nitrogens with zero attached hydrogens (tertiary/aromatic N) is 1.